The summed E-state index contributed by atoms with van der Waals surface area (Å²) >= 11 is 0. The molecular formula is C9H10N6O2. The average molecular weight is 234 g/mol. The van der Waals surface area contributed by atoms with Crippen molar-refractivity contribution in [1.82, 2.24) is 30.2 Å². The van der Waals surface area contributed by atoms with Crippen molar-refractivity contribution in [3.63, 3.8) is 0 Å². The van der Waals surface area contributed by atoms with Crippen LogP contribution in [0.3, 0.4) is 0 Å². The van der Waals surface area contributed by atoms with E-state index in [0.29, 0.717) is 22.9 Å². The molecule has 0 unspecified atom stereocenters. The SMILES string of the molecule is Cc1nc(-n2cnnn2)nc(C)c1CC(=O)O. The normalized spacial score (nSPS) is 10.5. The third-order valence-corrected chi connectivity index (χ3v) is 2.29. The molecule has 0 fully saturated rings. The first-order valence-corrected chi connectivity index (χ1v) is 4.87. The van der Waals surface area contributed by atoms with Crippen molar-refractivity contribution in [1.29, 1.82) is 0 Å². The number of carboxylic acid groups (broad SMARTS) is 1. The van der Waals surface area contributed by atoms with Gasteiger partial charge in [0.2, 0.25) is 0 Å². The first-order valence-electron chi connectivity index (χ1n) is 4.87. The zero-order valence-electron chi connectivity index (χ0n) is 9.32. The molecule has 0 aliphatic carbocycles. The van der Waals surface area contributed by atoms with Crippen molar-refractivity contribution in [3.05, 3.63) is 23.3 Å². The van der Waals surface area contributed by atoms with Crippen LogP contribution >= 0.6 is 0 Å². The Morgan fingerprint density at radius 3 is 2.47 bits per heavy atom. The Bertz CT molecular complexity index is 528. The number of nitrogens with zero attached hydrogens (tertiary/aromatic N) is 6. The fourth-order valence-electron chi connectivity index (χ4n) is 1.48. The highest BCUT2D eigenvalue weighted by Crippen LogP contribution is 2.12. The van der Waals surface area contributed by atoms with Crippen molar-refractivity contribution in [2.24, 2.45) is 0 Å². The molecule has 0 atom stereocenters. The molecule has 0 radical (unpaired) electrons. The second-order valence-electron chi connectivity index (χ2n) is 3.50. The molecule has 2 rings (SSSR count). The van der Waals surface area contributed by atoms with Gasteiger partial charge in [-0.1, -0.05) is 0 Å². The molecule has 0 aliphatic heterocycles. The van der Waals surface area contributed by atoms with Gasteiger partial charge in [0.15, 0.2) is 0 Å². The number of hydrogen-bond donors (Lipinski definition) is 1. The smallest absolute Gasteiger partial charge is 0.307 e. The van der Waals surface area contributed by atoms with Crippen LogP contribution in [-0.4, -0.2) is 41.3 Å². The highest BCUT2D eigenvalue weighted by atomic mass is 16.4. The summed E-state index contributed by atoms with van der Waals surface area (Å²) in [5, 5.41) is 19.4. The minimum Gasteiger partial charge on any atom is -0.481 e. The van der Waals surface area contributed by atoms with Crippen molar-refractivity contribution < 1.29 is 9.90 Å². The van der Waals surface area contributed by atoms with Crippen LogP contribution in [0.5, 0.6) is 0 Å². The minimum absolute atomic E-state index is 0.0897. The standard InChI is InChI=1S/C9H10N6O2/c1-5-7(3-8(16)17)6(2)12-9(11-5)15-4-10-13-14-15/h4H,3H2,1-2H3,(H,16,17). The van der Waals surface area contributed by atoms with Gasteiger partial charge in [0.25, 0.3) is 5.95 Å². The van der Waals surface area contributed by atoms with Crippen LogP contribution in [0.1, 0.15) is 17.0 Å². The van der Waals surface area contributed by atoms with Gasteiger partial charge < -0.3 is 5.11 Å². The quantitative estimate of drug-likeness (QED) is 0.776. The molecular weight excluding hydrogens is 224 g/mol. The molecule has 8 heteroatoms. The molecule has 17 heavy (non-hydrogen) atoms. The van der Waals surface area contributed by atoms with Gasteiger partial charge in [-0.2, -0.15) is 4.68 Å². The van der Waals surface area contributed by atoms with E-state index in [2.05, 4.69) is 25.5 Å². The molecule has 0 aliphatic rings. The fraction of sp³-hybridized carbons (Fsp3) is 0.333. The van der Waals surface area contributed by atoms with Gasteiger partial charge >= 0.3 is 5.97 Å². The van der Waals surface area contributed by atoms with Crippen molar-refractivity contribution in [2.45, 2.75) is 20.3 Å². The van der Waals surface area contributed by atoms with E-state index in [1.54, 1.807) is 13.8 Å². The van der Waals surface area contributed by atoms with E-state index in [4.69, 9.17) is 5.11 Å². The average Bonchev–Trinajstić information content (AvgIpc) is 2.76. The predicted molar refractivity (Wildman–Crippen MR) is 55.6 cm³/mol. The second-order valence-corrected chi connectivity index (χ2v) is 3.50. The molecule has 2 aromatic heterocycles. The molecule has 0 saturated carbocycles. The number of rotatable bonds is 3. The summed E-state index contributed by atoms with van der Waals surface area (Å²) in [6.45, 7) is 3.47. The zero-order valence-corrected chi connectivity index (χ0v) is 9.32. The van der Waals surface area contributed by atoms with E-state index in [1.807, 2.05) is 0 Å². The van der Waals surface area contributed by atoms with Crippen molar-refractivity contribution in [2.75, 3.05) is 0 Å². The predicted octanol–water partition coefficient (Wildman–Crippen LogP) is -0.304. The van der Waals surface area contributed by atoms with E-state index < -0.39 is 5.97 Å². The molecule has 0 aromatic carbocycles. The Balaban J connectivity index is 2.45. The molecule has 8 nitrogen and oxygen atoms in total. The molecule has 0 amide bonds. The molecule has 0 saturated heterocycles. The Morgan fingerprint density at radius 2 is 2.00 bits per heavy atom. The molecule has 2 heterocycles. The highest BCUT2D eigenvalue weighted by molar-refractivity contribution is 5.70. The van der Waals surface area contributed by atoms with E-state index in [9.17, 15) is 4.79 Å². The highest BCUT2D eigenvalue weighted by Gasteiger charge is 2.13. The number of aliphatic carboxylic acids is 1. The largest absolute Gasteiger partial charge is 0.481 e. The summed E-state index contributed by atoms with van der Waals surface area (Å²) in [4.78, 5) is 19.0. The Morgan fingerprint density at radius 1 is 1.35 bits per heavy atom. The Labute approximate surface area is 96.3 Å². The summed E-state index contributed by atoms with van der Waals surface area (Å²) in [6.07, 6.45) is 1.29. The fourth-order valence-corrected chi connectivity index (χ4v) is 1.48. The first-order chi connectivity index (χ1) is 8.08. The summed E-state index contributed by atoms with van der Waals surface area (Å²) in [7, 11) is 0. The Kier molecular flexibility index (Phi) is 2.77. The number of carboxylic acids is 1. The molecule has 88 valence electrons. The van der Waals surface area contributed by atoms with Gasteiger partial charge in [0.1, 0.15) is 6.33 Å². The summed E-state index contributed by atoms with van der Waals surface area (Å²) in [5.74, 6) is -0.575. The minimum atomic E-state index is -0.907. The molecule has 0 spiro atoms. The van der Waals surface area contributed by atoms with Crippen LogP contribution in [0.25, 0.3) is 5.95 Å². The van der Waals surface area contributed by atoms with Crippen LogP contribution < -0.4 is 0 Å². The lowest BCUT2D eigenvalue weighted by Crippen LogP contribution is -2.11. The zero-order chi connectivity index (χ0) is 12.4. The lowest BCUT2D eigenvalue weighted by molar-refractivity contribution is -0.136. The third kappa shape index (κ3) is 2.25. The van der Waals surface area contributed by atoms with Crippen molar-refractivity contribution in [3.8, 4) is 5.95 Å². The van der Waals surface area contributed by atoms with Crippen molar-refractivity contribution >= 4 is 5.97 Å². The lowest BCUT2D eigenvalue weighted by Gasteiger charge is -2.07. The van der Waals surface area contributed by atoms with Gasteiger partial charge in [-0.15, -0.1) is 5.10 Å². The van der Waals surface area contributed by atoms with E-state index >= 15 is 0 Å². The van der Waals surface area contributed by atoms with Gasteiger partial charge in [0, 0.05) is 17.0 Å². The number of carbonyl (C=O) groups is 1. The summed E-state index contributed by atoms with van der Waals surface area (Å²) < 4.78 is 1.32. The third-order valence-electron chi connectivity index (χ3n) is 2.29. The summed E-state index contributed by atoms with van der Waals surface area (Å²) in [5.41, 5.74) is 1.85. The van der Waals surface area contributed by atoms with E-state index in [0.717, 1.165) is 0 Å². The first kappa shape index (κ1) is 11.1. The van der Waals surface area contributed by atoms with Crippen LogP contribution in [0.2, 0.25) is 0 Å². The second kappa shape index (κ2) is 4.24. The maximum Gasteiger partial charge on any atom is 0.307 e. The number of aromatic nitrogens is 6. The van der Waals surface area contributed by atoms with Crippen LogP contribution in [0.4, 0.5) is 0 Å². The monoisotopic (exact) mass is 234 g/mol. The maximum absolute atomic E-state index is 10.7. The molecule has 2 aromatic rings. The number of aryl methyl sites for hydroxylation is 2. The van der Waals surface area contributed by atoms with Crippen LogP contribution in [0.15, 0.2) is 6.33 Å². The van der Waals surface area contributed by atoms with Crippen LogP contribution in [-0.2, 0) is 11.2 Å². The number of tetrazole rings is 1. The molecule has 1 N–H and O–H groups in total. The van der Waals surface area contributed by atoms with Gasteiger partial charge in [-0.3, -0.25) is 4.79 Å². The maximum atomic E-state index is 10.7. The number of hydrogen-bond acceptors (Lipinski definition) is 6. The lowest BCUT2D eigenvalue weighted by atomic mass is 10.1. The van der Waals surface area contributed by atoms with Gasteiger partial charge in [-0.25, -0.2) is 9.97 Å². The van der Waals surface area contributed by atoms with E-state index in [1.165, 1.54) is 11.0 Å². The Hall–Kier alpha value is -2.38. The summed E-state index contributed by atoms with van der Waals surface area (Å²) in [6, 6.07) is 0. The van der Waals surface area contributed by atoms with Gasteiger partial charge in [-0.05, 0) is 24.3 Å². The van der Waals surface area contributed by atoms with Crippen LogP contribution in [0, 0.1) is 13.8 Å². The van der Waals surface area contributed by atoms with Gasteiger partial charge in [0.05, 0.1) is 6.42 Å². The molecule has 0 bridgehead atoms. The van der Waals surface area contributed by atoms with E-state index in [-0.39, 0.29) is 6.42 Å². The topological polar surface area (TPSA) is 107 Å².